The van der Waals surface area contributed by atoms with Gasteiger partial charge in [-0.2, -0.15) is 9.97 Å². The lowest BCUT2D eigenvalue weighted by molar-refractivity contribution is -0.113. The summed E-state index contributed by atoms with van der Waals surface area (Å²) in [4.78, 5) is 14.3. The Morgan fingerprint density at radius 3 is 2.11 bits per heavy atom. The number of nitrogens with one attached hydrogen (secondary N) is 1. The highest BCUT2D eigenvalue weighted by molar-refractivity contribution is 5.78. The Morgan fingerprint density at radius 1 is 0.956 bits per heavy atom. The van der Waals surface area contributed by atoms with Crippen molar-refractivity contribution in [1.29, 1.82) is 0 Å². The first-order valence-corrected chi connectivity index (χ1v) is 15.2. The minimum Gasteiger partial charge on any atom is -0.497 e. The molecule has 4 atom stereocenters. The summed E-state index contributed by atoms with van der Waals surface area (Å²) in [5.41, 5.74) is 1.59. The van der Waals surface area contributed by atoms with E-state index in [1.54, 1.807) is 18.6 Å². The second kappa shape index (κ2) is 12.5. The van der Waals surface area contributed by atoms with Crippen LogP contribution >= 0.6 is 0 Å². The molecule has 2 aromatic heterocycles. The van der Waals surface area contributed by atoms with Crippen LogP contribution in [0.4, 0.5) is 10.3 Å². The fraction of sp³-hybridized carbons (Fsp3) is 0.343. The number of methoxy groups -OCH3 is 1. The Kier molecular flexibility index (Phi) is 8.44. The molecule has 1 saturated heterocycles. The molecule has 0 spiro atoms. The van der Waals surface area contributed by atoms with Gasteiger partial charge in [0, 0.05) is 5.92 Å². The van der Waals surface area contributed by atoms with Gasteiger partial charge in [0.15, 0.2) is 23.6 Å². The first-order valence-electron chi connectivity index (χ1n) is 15.2. The molecule has 1 aliphatic heterocycles. The number of halogens is 1. The third-order valence-corrected chi connectivity index (χ3v) is 8.98. The monoisotopic (exact) mass is 611 g/mol. The normalized spacial score (nSPS) is 21.6. The van der Waals surface area contributed by atoms with Crippen LogP contribution in [0.2, 0.25) is 0 Å². The maximum absolute atomic E-state index is 15.9. The van der Waals surface area contributed by atoms with Crippen LogP contribution < -0.4 is 14.8 Å². The molecule has 234 valence electrons. The number of hydrogen-bond donors (Lipinski definition) is 2. The fourth-order valence-corrected chi connectivity index (χ4v) is 6.33. The molecule has 1 aliphatic rings. The van der Waals surface area contributed by atoms with Crippen molar-refractivity contribution in [1.82, 2.24) is 19.5 Å². The van der Waals surface area contributed by atoms with E-state index in [-0.39, 0.29) is 18.4 Å². The van der Waals surface area contributed by atoms with E-state index in [1.165, 1.54) is 6.33 Å². The highest BCUT2D eigenvalue weighted by Gasteiger charge is 2.53. The molecule has 0 bridgehead atoms. The Bertz CT molecular complexity index is 1690. The second-order valence-electron chi connectivity index (χ2n) is 11.3. The molecule has 0 radical (unpaired) electrons. The number of nitrogens with zero attached hydrogens (tertiary/aromatic N) is 4. The Labute approximate surface area is 262 Å². The molecule has 6 rings (SSSR count). The Balaban J connectivity index is 1.56. The van der Waals surface area contributed by atoms with Gasteiger partial charge in [0.1, 0.15) is 11.3 Å². The molecule has 1 fully saturated rings. The average Bonchev–Trinajstić information content (AvgIpc) is 3.63. The lowest BCUT2D eigenvalue weighted by atomic mass is 9.77. The van der Waals surface area contributed by atoms with E-state index < -0.39 is 29.5 Å². The van der Waals surface area contributed by atoms with Crippen molar-refractivity contribution in [3.63, 3.8) is 0 Å². The Morgan fingerprint density at radius 2 is 1.58 bits per heavy atom. The molecule has 0 unspecified atom stereocenters. The van der Waals surface area contributed by atoms with E-state index in [1.807, 2.05) is 74.5 Å². The number of alkyl halides is 1. The molecule has 10 heteroatoms. The van der Waals surface area contributed by atoms with E-state index in [4.69, 9.17) is 24.2 Å². The summed E-state index contributed by atoms with van der Waals surface area (Å²) in [5, 5.41) is 13.9. The number of imidazole rings is 1. The predicted octanol–water partition coefficient (Wildman–Crippen LogP) is 6.28. The highest BCUT2D eigenvalue weighted by Crippen LogP contribution is 2.46. The SMILES string of the molecule is CCOc1nc(NC(c2ccccc2)(c2ccccc2)c2ccc(OC)cc2)nc2c1ncn2[C@@H]1O[C@](CC)(CO)[C@@H](C)[C@H]1F. The summed E-state index contributed by atoms with van der Waals surface area (Å²) < 4.78 is 35.2. The van der Waals surface area contributed by atoms with E-state index >= 15 is 4.39 Å². The van der Waals surface area contributed by atoms with Crippen LogP contribution in [0.15, 0.2) is 91.3 Å². The van der Waals surface area contributed by atoms with Crippen molar-refractivity contribution >= 4 is 17.1 Å². The maximum atomic E-state index is 15.9. The lowest BCUT2D eigenvalue weighted by Crippen LogP contribution is -2.39. The molecule has 5 aromatic rings. The maximum Gasteiger partial charge on any atom is 0.247 e. The van der Waals surface area contributed by atoms with Crippen molar-refractivity contribution in [2.75, 3.05) is 25.6 Å². The van der Waals surface area contributed by atoms with Gasteiger partial charge in [-0.25, -0.2) is 9.37 Å². The van der Waals surface area contributed by atoms with Crippen LogP contribution in [0.5, 0.6) is 11.6 Å². The van der Waals surface area contributed by atoms with Gasteiger partial charge in [-0.1, -0.05) is 86.6 Å². The van der Waals surface area contributed by atoms with E-state index in [0.29, 0.717) is 24.2 Å². The third-order valence-electron chi connectivity index (χ3n) is 8.98. The first-order chi connectivity index (χ1) is 21.9. The standard InChI is InChI=1S/C35H38FN5O4/c1-5-34(21-42)23(3)28(36)32(45-34)41-22-37-29-30(41)38-33(39-31(29)44-6-2)40-35(24-13-9-7-10-14-24,25-15-11-8-12-16-25)26-17-19-27(43-4)20-18-26/h7-20,22-23,28,32,42H,5-6,21H2,1-4H3,(H,38,39,40)/t23-,28+,32+,34+/m0/s1. The zero-order chi connectivity index (χ0) is 31.6. The summed E-state index contributed by atoms with van der Waals surface area (Å²) in [6.45, 7) is 5.56. The van der Waals surface area contributed by atoms with Crippen LogP contribution in [-0.4, -0.2) is 56.7 Å². The number of aliphatic hydroxyl groups excluding tert-OH is 1. The van der Waals surface area contributed by atoms with Gasteiger partial charge in [-0.15, -0.1) is 0 Å². The Hall–Kier alpha value is -4.54. The van der Waals surface area contributed by atoms with Crippen LogP contribution in [0.3, 0.4) is 0 Å². The fourth-order valence-electron chi connectivity index (χ4n) is 6.33. The molecule has 45 heavy (non-hydrogen) atoms. The van der Waals surface area contributed by atoms with Gasteiger partial charge in [0.2, 0.25) is 11.8 Å². The minimum absolute atomic E-state index is 0.251. The van der Waals surface area contributed by atoms with Gasteiger partial charge < -0.3 is 24.6 Å². The van der Waals surface area contributed by atoms with Crippen molar-refractivity contribution < 1.29 is 23.7 Å². The molecule has 3 heterocycles. The van der Waals surface area contributed by atoms with Crippen molar-refractivity contribution in [3.8, 4) is 11.6 Å². The van der Waals surface area contributed by atoms with E-state index in [9.17, 15) is 5.11 Å². The zero-order valence-corrected chi connectivity index (χ0v) is 25.9. The third kappa shape index (κ3) is 5.17. The van der Waals surface area contributed by atoms with E-state index in [2.05, 4.69) is 34.6 Å². The van der Waals surface area contributed by atoms with Crippen LogP contribution in [0, 0.1) is 5.92 Å². The summed E-state index contributed by atoms with van der Waals surface area (Å²) >= 11 is 0. The molecular weight excluding hydrogens is 573 g/mol. The van der Waals surface area contributed by atoms with E-state index in [0.717, 1.165) is 22.4 Å². The van der Waals surface area contributed by atoms with Crippen molar-refractivity contribution in [2.24, 2.45) is 5.92 Å². The summed E-state index contributed by atoms with van der Waals surface area (Å²) in [6, 6.07) is 28.0. The van der Waals surface area contributed by atoms with Crippen LogP contribution in [0.25, 0.3) is 11.2 Å². The summed E-state index contributed by atoms with van der Waals surface area (Å²) in [6.07, 6.45) is -0.477. The average molecular weight is 612 g/mol. The number of anilines is 1. The number of aliphatic hydroxyl groups is 1. The zero-order valence-electron chi connectivity index (χ0n) is 25.9. The molecular formula is C35H38FN5O4. The molecule has 3 aromatic carbocycles. The molecule has 0 aliphatic carbocycles. The van der Waals surface area contributed by atoms with Gasteiger partial charge in [0.25, 0.3) is 0 Å². The van der Waals surface area contributed by atoms with Gasteiger partial charge in [-0.3, -0.25) is 4.57 Å². The number of rotatable bonds is 11. The number of fused-ring (bicyclic) bond motifs is 1. The number of aromatic nitrogens is 4. The van der Waals surface area contributed by atoms with Crippen molar-refractivity contribution in [3.05, 3.63) is 108 Å². The largest absolute Gasteiger partial charge is 0.497 e. The topological polar surface area (TPSA) is 104 Å². The van der Waals surface area contributed by atoms with Gasteiger partial charge >= 0.3 is 0 Å². The van der Waals surface area contributed by atoms with Crippen molar-refractivity contribution in [2.45, 2.75) is 50.7 Å². The van der Waals surface area contributed by atoms with Crippen LogP contribution in [0.1, 0.15) is 50.1 Å². The predicted molar refractivity (Wildman–Crippen MR) is 170 cm³/mol. The minimum atomic E-state index is -1.40. The van der Waals surface area contributed by atoms with Gasteiger partial charge in [0.05, 0.1) is 32.3 Å². The number of hydrogen-bond acceptors (Lipinski definition) is 8. The molecule has 2 N–H and O–H groups in total. The summed E-state index contributed by atoms with van der Waals surface area (Å²) in [5.74, 6) is 0.701. The van der Waals surface area contributed by atoms with Gasteiger partial charge in [-0.05, 0) is 42.2 Å². The highest BCUT2D eigenvalue weighted by atomic mass is 19.1. The summed E-state index contributed by atoms with van der Waals surface area (Å²) in [7, 11) is 1.64. The first kappa shape index (κ1) is 30.5. The smallest absolute Gasteiger partial charge is 0.247 e. The molecule has 9 nitrogen and oxygen atoms in total. The number of ether oxygens (including phenoxy) is 3. The number of benzene rings is 3. The quantitative estimate of drug-likeness (QED) is 0.168. The second-order valence-corrected chi connectivity index (χ2v) is 11.3. The van der Waals surface area contributed by atoms with Crippen LogP contribution in [-0.2, 0) is 10.3 Å². The molecule has 0 amide bonds. The molecule has 0 saturated carbocycles. The lowest BCUT2D eigenvalue weighted by Gasteiger charge is -2.37.